The number of rotatable bonds is 5. The van der Waals surface area contributed by atoms with Crippen molar-refractivity contribution in [3.05, 3.63) is 22.4 Å². The molecule has 0 radical (unpaired) electrons. The van der Waals surface area contributed by atoms with E-state index in [1.807, 2.05) is 11.3 Å². The zero-order valence-corrected chi connectivity index (χ0v) is 14.9. The van der Waals surface area contributed by atoms with Gasteiger partial charge < -0.3 is 9.64 Å². The Morgan fingerprint density at radius 1 is 1.35 bits per heavy atom. The van der Waals surface area contributed by atoms with E-state index >= 15 is 0 Å². The van der Waals surface area contributed by atoms with E-state index in [1.165, 1.54) is 4.88 Å². The molecule has 1 aromatic rings. The van der Waals surface area contributed by atoms with Crippen molar-refractivity contribution in [3.8, 4) is 0 Å². The van der Waals surface area contributed by atoms with Crippen LogP contribution in [0.25, 0.3) is 0 Å². The van der Waals surface area contributed by atoms with Gasteiger partial charge in [-0.2, -0.15) is 0 Å². The molecule has 0 saturated carbocycles. The summed E-state index contributed by atoms with van der Waals surface area (Å²) < 4.78 is 5.78. The van der Waals surface area contributed by atoms with E-state index < -0.39 is 0 Å². The van der Waals surface area contributed by atoms with Gasteiger partial charge in [0, 0.05) is 50.1 Å². The average Bonchev–Trinajstić information content (AvgIpc) is 3.08. The number of piperazine rings is 1. The smallest absolute Gasteiger partial charge is 0.225 e. The third-order valence-electron chi connectivity index (χ3n) is 4.97. The van der Waals surface area contributed by atoms with Crippen LogP contribution in [0.15, 0.2) is 17.5 Å². The molecule has 2 aliphatic heterocycles. The highest BCUT2D eigenvalue weighted by Gasteiger charge is 2.31. The molecular weight excluding hydrogens is 308 g/mol. The van der Waals surface area contributed by atoms with Crippen molar-refractivity contribution < 1.29 is 9.53 Å². The Labute approximate surface area is 143 Å². The van der Waals surface area contributed by atoms with Crippen LogP contribution in [0.3, 0.4) is 0 Å². The molecule has 5 heteroatoms. The van der Waals surface area contributed by atoms with E-state index in [1.54, 1.807) is 0 Å². The Kier molecular flexibility index (Phi) is 6.08. The number of thiophene rings is 1. The van der Waals surface area contributed by atoms with Gasteiger partial charge in [-0.25, -0.2) is 0 Å². The second-order valence-electron chi connectivity index (χ2n) is 6.68. The van der Waals surface area contributed by atoms with Crippen molar-refractivity contribution in [1.29, 1.82) is 0 Å². The first kappa shape index (κ1) is 16.9. The fourth-order valence-corrected chi connectivity index (χ4v) is 4.38. The van der Waals surface area contributed by atoms with Crippen molar-refractivity contribution in [3.63, 3.8) is 0 Å². The lowest BCUT2D eigenvalue weighted by atomic mass is 9.92. The molecule has 3 heterocycles. The Hall–Kier alpha value is -0.910. The predicted octanol–water partition coefficient (Wildman–Crippen LogP) is 2.99. The highest BCUT2D eigenvalue weighted by Crippen LogP contribution is 2.25. The SMILES string of the molecule is CCC[C@@H]1C[C@H](C(=O)N2CCN(Cc3cccs3)CC2)CCO1. The summed E-state index contributed by atoms with van der Waals surface area (Å²) in [4.78, 5) is 18.7. The van der Waals surface area contributed by atoms with E-state index in [2.05, 4.69) is 34.2 Å². The highest BCUT2D eigenvalue weighted by molar-refractivity contribution is 7.09. The maximum absolute atomic E-state index is 12.8. The lowest BCUT2D eigenvalue weighted by Crippen LogP contribution is -2.50. The molecule has 2 fully saturated rings. The molecule has 4 nitrogen and oxygen atoms in total. The molecule has 23 heavy (non-hydrogen) atoms. The van der Waals surface area contributed by atoms with Gasteiger partial charge in [-0.1, -0.05) is 19.4 Å². The summed E-state index contributed by atoms with van der Waals surface area (Å²) in [6, 6.07) is 4.30. The van der Waals surface area contributed by atoms with Gasteiger partial charge >= 0.3 is 0 Å². The first-order valence-electron chi connectivity index (χ1n) is 8.91. The molecule has 2 atom stereocenters. The number of carbonyl (C=O) groups is 1. The lowest BCUT2D eigenvalue weighted by Gasteiger charge is -2.38. The minimum absolute atomic E-state index is 0.184. The van der Waals surface area contributed by atoms with Crippen LogP contribution >= 0.6 is 11.3 Å². The van der Waals surface area contributed by atoms with Crippen molar-refractivity contribution in [2.45, 2.75) is 45.3 Å². The number of amides is 1. The number of carbonyl (C=O) groups excluding carboxylic acids is 1. The van der Waals surface area contributed by atoms with E-state index in [-0.39, 0.29) is 5.92 Å². The molecule has 2 aliphatic rings. The molecule has 0 aliphatic carbocycles. The normalized spacial score (nSPS) is 26.4. The van der Waals surface area contributed by atoms with Crippen LogP contribution in [0.5, 0.6) is 0 Å². The molecule has 128 valence electrons. The van der Waals surface area contributed by atoms with Crippen LogP contribution in [-0.4, -0.2) is 54.6 Å². The van der Waals surface area contributed by atoms with Gasteiger partial charge in [-0.05, 0) is 30.7 Å². The van der Waals surface area contributed by atoms with Crippen LogP contribution < -0.4 is 0 Å². The largest absolute Gasteiger partial charge is 0.378 e. The fourth-order valence-electron chi connectivity index (χ4n) is 3.64. The Balaban J connectivity index is 1.46. The summed E-state index contributed by atoms with van der Waals surface area (Å²) in [5, 5.41) is 2.13. The standard InChI is InChI=1S/C18H28N2O2S/c1-2-4-16-13-15(6-11-22-16)18(21)20-9-7-19(8-10-20)14-17-5-3-12-23-17/h3,5,12,15-16H,2,4,6-11,13-14H2,1H3/t15-,16-/m1/s1. The Bertz CT molecular complexity index is 481. The summed E-state index contributed by atoms with van der Waals surface area (Å²) >= 11 is 1.82. The molecule has 3 rings (SSSR count). The molecule has 1 amide bonds. The first-order valence-corrected chi connectivity index (χ1v) is 9.79. The number of hydrogen-bond acceptors (Lipinski definition) is 4. The minimum Gasteiger partial charge on any atom is -0.378 e. The van der Waals surface area contributed by atoms with Gasteiger partial charge in [-0.15, -0.1) is 11.3 Å². The minimum atomic E-state index is 0.184. The second kappa shape index (κ2) is 8.27. The number of nitrogens with zero attached hydrogens (tertiary/aromatic N) is 2. The highest BCUT2D eigenvalue weighted by atomic mass is 32.1. The molecule has 1 aromatic heterocycles. The third kappa shape index (κ3) is 4.55. The van der Waals surface area contributed by atoms with Crippen molar-refractivity contribution >= 4 is 17.2 Å². The maximum atomic E-state index is 12.8. The van der Waals surface area contributed by atoms with Gasteiger partial charge in [0.1, 0.15) is 0 Å². The molecular formula is C18H28N2O2S. The van der Waals surface area contributed by atoms with Crippen molar-refractivity contribution in [2.24, 2.45) is 5.92 Å². The van der Waals surface area contributed by atoms with Crippen LogP contribution in [0, 0.1) is 5.92 Å². The van der Waals surface area contributed by atoms with Crippen LogP contribution in [0.1, 0.15) is 37.5 Å². The third-order valence-corrected chi connectivity index (χ3v) is 5.83. The van der Waals surface area contributed by atoms with Crippen LogP contribution in [-0.2, 0) is 16.1 Å². The van der Waals surface area contributed by atoms with Crippen molar-refractivity contribution in [1.82, 2.24) is 9.80 Å². The Morgan fingerprint density at radius 2 is 2.17 bits per heavy atom. The molecule has 0 bridgehead atoms. The fraction of sp³-hybridized carbons (Fsp3) is 0.722. The number of hydrogen-bond donors (Lipinski definition) is 0. The second-order valence-corrected chi connectivity index (χ2v) is 7.72. The molecule has 2 saturated heterocycles. The van der Waals surface area contributed by atoms with Crippen LogP contribution in [0.2, 0.25) is 0 Å². The summed E-state index contributed by atoms with van der Waals surface area (Å²) in [5.74, 6) is 0.550. The number of ether oxygens (including phenoxy) is 1. The van der Waals surface area contributed by atoms with Gasteiger partial charge in [0.2, 0.25) is 5.91 Å². The summed E-state index contributed by atoms with van der Waals surface area (Å²) in [7, 11) is 0. The molecule has 0 aromatic carbocycles. The maximum Gasteiger partial charge on any atom is 0.225 e. The first-order chi connectivity index (χ1) is 11.3. The van der Waals surface area contributed by atoms with E-state index in [0.717, 1.165) is 65.0 Å². The van der Waals surface area contributed by atoms with E-state index in [9.17, 15) is 4.79 Å². The van der Waals surface area contributed by atoms with Crippen molar-refractivity contribution in [2.75, 3.05) is 32.8 Å². The van der Waals surface area contributed by atoms with E-state index in [0.29, 0.717) is 12.0 Å². The quantitative estimate of drug-likeness (QED) is 0.829. The molecule has 0 spiro atoms. The predicted molar refractivity (Wildman–Crippen MR) is 93.5 cm³/mol. The summed E-state index contributed by atoms with van der Waals surface area (Å²) in [6.45, 7) is 7.69. The van der Waals surface area contributed by atoms with Gasteiger partial charge in [-0.3, -0.25) is 9.69 Å². The summed E-state index contributed by atoms with van der Waals surface area (Å²) in [6.07, 6.45) is 4.32. The Morgan fingerprint density at radius 3 is 2.87 bits per heavy atom. The topological polar surface area (TPSA) is 32.8 Å². The van der Waals surface area contributed by atoms with Gasteiger partial charge in [0.15, 0.2) is 0 Å². The van der Waals surface area contributed by atoms with Gasteiger partial charge in [0.05, 0.1) is 6.10 Å². The zero-order valence-electron chi connectivity index (χ0n) is 14.1. The van der Waals surface area contributed by atoms with Crippen LogP contribution in [0.4, 0.5) is 0 Å². The summed E-state index contributed by atoms with van der Waals surface area (Å²) in [5.41, 5.74) is 0. The van der Waals surface area contributed by atoms with E-state index in [4.69, 9.17) is 4.74 Å². The lowest BCUT2D eigenvalue weighted by molar-refractivity contribution is -0.142. The average molecular weight is 337 g/mol. The molecule has 0 N–H and O–H groups in total. The molecule has 0 unspecified atom stereocenters. The monoisotopic (exact) mass is 336 g/mol. The van der Waals surface area contributed by atoms with Gasteiger partial charge in [0.25, 0.3) is 0 Å². The zero-order chi connectivity index (χ0) is 16.1.